The first-order valence-corrected chi connectivity index (χ1v) is 9.76. The van der Waals surface area contributed by atoms with Gasteiger partial charge in [0.2, 0.25) is 0 Å². The first kappa shape index (κ1) is 18.4. The summed E-state index contributed by atoms with van der Waals surface area (Å²) in [6.07, 6.45) is 7.54. The molecule has 1 aromatic carbocycles. The minimum Gasteiger partial charge on any atom is -0.491 e. The van der Waals surface area contributed by atoms with E-state index in [0.29, 0.717) is 31.1 Å². The number of aromatic amines is 1. The van der Waals surface area contributed by atoms with Gasteiger partial charge in [-0.2, -0.15) is 10.4 Å². The predicted molar refractivity (Wildman–Crippen MR) is 113 cm³/mol. The number of nitrogens with zero attached hydrogens (tertiary/aromatic N) is 4. The zero-order chi connectivity index (χ0) is 20.7. The van der Waals surface area contributed by atoms with Crippen molar-refractivity contribution < 1.29 is 9.47 Å². The van der Waals surface area contributed by atoms with E-state index in [1.54, 1.807) is 4.68 Å². The van der Waals surface area contributed by atoms with Gasteiger partial charge in [-0.3, -0.25) is 4.68 Å². The molecule has 0 bridgehead atoms. The van der Waals surface area contributed by atoms with Crippen LogP contribution in [0.4, 0.5) is 0 Å². The van der Waals surface area contributed by atoms with E-state index in [1.165, 1.54) is 0 Å². The molecule has 5 rings (SSSR count). The van der Waals surface area contributed by atoms with Crippen molar-refractivity contribution in [3.05, 3.63) is 54.6 Å². The lowest BCUT2D eigenvalue weighted by atomic mass is 9.90. The molecule has 4 aromatic rings. The smallest absolute Gasteiger partial charge is 0.137 e. The Balaban J connectivity index is 1.49. The van der Waals surface area contributed by atoms with E-state index in [-0.39, 0.29) is 5.41 Å². The SMILES string of the molecule is Cn1cc(-c2cnc3[nH]cc(-c4ccc(OCC5(C)COC5)c(C#N)c4)c3c2)cn1. The van der Waals surface area contributed by atoms with Gasteiger partial charge in [0.25, 0.3) is 0 Å². The van der Waals surface area contributed by atoms with Gasteiger partial charge in [-0.05, 0) is 23.8 Å². The Kier molecular flexibility index (Phi) is 4.30. The van der Waals surface area contributed by atoms with Crippen LogP contribution in [-0.2, 0) is 11.8 Å². The first-order valence-electron chi connectivity index (χ1n) is 9.76. The van der Waals surface area contributed by atoms with Crippen LogP contribution >= 0.6 is 0 Å². The second-order valence-corrected chi connectivity index (χ2v) is 8.14. The number of aromatic nitrogens is 4. The minimum atomic E-state index is 0.0244. The molecule has 0 saturated carbocycles. The average molecular weight is 399 g/mol. The summed E-state index contributed by atoms with van der Waals surface area (Å²) in [6.45, 7) is 4.03. The van der Waals surface area contributed by atoms with E-state index in [0.717, 1.165) is 33.3 Å². The van der Waals surface area contributed by atoms with E-state index in [1.807, 2.05) is 50.0 Å². The van der Waals surface area contributed by atoms with Gasteiger partial charge in [-0.1, -0.05) is 13.0 Å². The highest BCUT2D eigenvalue weighted by molar-refractivity contribution is 5.96. The molecule has 7 heteroatoms. The summed E-state index contributed by atoms with van der Waals surface area (Å²) in [5, 5.41) is 14.9. The van der Waals surface area contributed by atoms with Gasteiger partial charge in [0.1, 0.15) is 17.5 Å². The van der Waals surface area contributed by atoms with Crippen molar-refractivity contribution in [1.82, 2.24) is 19.7 Å². The third-order valence-electron chi connectivity index (χ3n) is 5.46. The van der Waals surface area contributed by atoms with E-state index in [2.05, 4.69) is 34.1 Å². The van der Waals surface area contributed by atoms with E-state index in [4.69, 9.17) is 9.47 Å². The molecule has 0 atom stereocenters. The molecule has 150 valence electrons. The summed E-state index contributed by atoms with van der Waals surface area (Å²) in [7, 11) is 1.89. The molecular weight excluding hydrogens is 378 g/mol. The van der Waals surface area contributed by atoms with Crippen molar-refractivity contribution >= 4 is 11.0 Å². The maximum atomic E-state index is 9.67. The van der Waals surface area contributed by atoms with Crippen LogP contribution in [0.5, 0.6) is 5.75 Å². The third-order valence-corrected chi connectivity index (χ3v) is 5.46. The molecule has 1 saturated heterocycles. The number of aryl methyl sites for hydroxylation is 1. The number of benzene rings is 1. The lowest BCUT2D eigenvalue weighted by Crippen LogP contribution is -2.44. The maximum Gasteiger partial charge on any atom is 0.137 e. The van der Waals surface area contributed by atoms with Gasteiger partial charge >= 0.3 is 0 Å². The quantitative estimate of drug-likeness (QED) is 0.549. The van der Waals surface area contributed by atoms with Crippen LogP contribution < -0.4 is 4.74 Å². The number of rotatable bonds is 5. The largest absolute Gasteiger partial charge is 0.491 e. The Morgan fingerprint density at radius 1 is 1.23 bits per heavy atom. The topological polar surface area (TPSA) is 88.8 Å². The van der Waals surface area contributed by atoms with Crippen molar-refractivity contribution in [1.29, 1.82) is 5.26 Å². The van der Waals surface area contributed by atoms with E-state index < -0.39 is 0 Å². The van der Waals surface area contributed by atoms with Gasteiger partial charge in [0, 0.05) is 53.1 Å². The second-order valence-electron chi connectivity index (χ2n) is 8.14. The van der Waals surface area contributed by atoms with Crippen LogP contribution in [0.15, 0.2) is 49.1 Å². The number of nitrogens with one attached hydrogen (secondary N) is 1. The highest BCUT2D eigenvalue weighted by Crippen LogP contribution is 2.34. The standard InChI is InChI=1S/C23H21N5O2/c1-23(12-29-13-23)14-30-21-4-3-15(5-16(21)7-24)20-10-26-22-19(20)6-17(8-25-22)18-9-27-28(2)11-18/h3-6,8-11H,12-14H2,1-2H3,(H,25,26). The Morgan fingerprint density at radius 2 is 2.10 bits per heavy atom. The number of ether oxygens (including phenoxy) is 2. The zero-order valence-electron chi connectivity index (χ0n) is 16.8. The first-order chi connectivity index (χ1) is 14.5. The molecule has 0 radical (unpaired) electrons. The van der Waals surface area contributed by atoms with Crippen LogP contribution in [0.1, 0.15) is 12.5 Å². The number of pyridine rings is 1. The van der Waals surface area contributed by atoms with Crippen LogP contribution in [0.2, 0.25) is 0 Å². The fourth-order valence-electron chi connectivity index (χ4n) is 3.67. The van der Waals surface area contributed by atoms with Crippen molar-refractivity contribution in [2.75, 3.05) is 19.8 Å². The van der Waals surface area contributed by atoms with Crippen molar-refractivity contribution in [3.8, 4) is 34.1 Å². The Morgan fingerprint density at radius 3 is 2.80 bits per heavy atom. The number of hydrogen-bond donors (Lipinski definition) is 1. The van der Waals surface area contributed by atoms with Gasteiger partial charge in [-0.25, -0.2) is 4.98 Å². The second kappa shape index (κ2) is 7.01. The minimum absolute atomic E-state index is 0.0244. The highest BCUT2D eigenvalue weighted by Gasteiger charge is 2.34. The van der Waals surface area contributed by atoms with Crippen LogP contribution in [0.25, 0.3) is 33.3 Å². The fraction of sp³-hybridized carbons (Fsp3) is 0.261. The van der Waals surface area contributed by atoms with Gasteiger partial charge < -0.3 is 14.5 Å². The molecule has 7 nitrogen and oxygen atoms in total. The Bertz CT molecular complexity index is 1280. The predicted octanol–water partition coefficient (Wildman–Crippen LogP) is 3.92. The molecule has 0 unspecified atom stereocenters. The van der Waals surface area contributed by atoms with Crippen LogP contribution in [0.3, 0.4) is 0 Å². The summed E-state index contributed by atoms with van der Waals surface area (Å²) in [5.41, 5.74) is 5.27. The van der Waals surface area contributed by atoms with Crippen molar-refractivity contribution in [3.63, 3.8) is 0 Å². The summed E-state index contributed by atoms with van der Waals surface area (Å²) in [5.74, 6) is 0.600. The molecule has 30 heavy (non-hydrogen) atoms. The van der Waals surface area contributed by atoms with Crippen molar-refractivity contribution in [2.24, 2.45) is 12.5 Å². The summed E-state index contributed by atoms with van der Waals surface area (Å²) in [4.78, 5) is 7.77. The number of hydrogen-bond acceptors (Lipinski definition) is 5. The monoisotopic (exact) mass is 399 g/mol. The third kappa shape index (κ3) is 3.21. The number of nitriles is 1. The van der Waals surface area contributed by atoms with Crippen LogP contribution in [-0.4, -0.2) is 39.6 Å². The van der Waals surface area contributed by atoms with Crippen LogP contribution in [0, 0.1) is 16.7 Å². The molecule has 1 N–H and O–H groups in total. The average Bonchev–Trinajstić information content (AvgIpc) is 3.36. The number of fused-ring (bicyclic) bond motifs is 1. The van der Waals surface area contributed by atoms with Crippen molar-refractivity contribution in [2.45, 2.75) is 6.92 Å². The van der Waals surface area contributed by atoms with E-state index in [9.17, 15) is 5.26 Å². The Labute approximate surface area is 173 Å². The lowest BCUT2D eigenvalue weighted by Gasteiger charge is -2.37. The molecule has 1 aliphatic rings. The van der Waals surface area contributed by atoms with E-state index >= 15 is 0 Å². The van der Waals surface area contributed by atoms with Gasteiger partial charge in [0.05, 0.1) is 31.6 Å². The number of H-pyrrole nitrogens is 1. The molecule has 1 aliphatic heterocycles. The Hall–Kier alpha value is -3.63. The lowest BCUT2D eigenvalue weighted by molar-refractivity contribution is -0.120. The molecule has 0 aliphatic carbocycles. The molecule has 1 fully saturated rings. The highest BCUT2D eigenvalue weighted by atomic mass is 16.5. The maximum absolute atomic E-state index is 9.67. The summed E-state index contributed by atoms with van der Waals surface area (Å²) >= 11 is 0. The summed E-state index contributed by atoms with van der Waals surface area (Å²) in [6, 6.07) is 10.1. The van der Waals surface area contributed by atoms with Gasteiger partial charge in [-0.15, -0.1) is 0 Å². The normalized spacial score (nSPS) is 15.0. The zero-order valence-corrected chi connectivity index (χ0v) is 16.8. The molecule has 4 heterocycles. The molecular formula is C23H21N5O2. The molecule has 3 aromatic heterocycles. The molecule has 0 spiro atoms. The fourth-order valence-corrected chi connectivity index (χ4v) is 3.67. The molecule has 0 amide bonds. The van der Waals surface area contributed by atoms with Gasteiger partial charge in [0.15, 0.2) is 0 Å². The summed E-state index contributed by atoms with van der Waals surface area (Å²) < 4.78 is 13.0.